The van der Waals surface area contributed by atoms with Crippen molar-refractivity contribution in [3.05, 3.63) is 11.9 Å². The lowest BCUT2D eigenvalue weighted by Gasteiger charge is -2.05. The third-order valence-electron chi connectivity index (χ3n) is 1.88. The highest BCUT2D eigenvalue weighted by molar-refractivity contribution is 7.61. The summed E-state index contributed by atoms with van der Waals surface area (Å²) in [5.41, 5.74) is 0. The predicted octanol–water partition coefficient (Wildman–Crippen LogP) is 3.76. The highest BCUT2D eigenvalue weighted by Crippen LogP contribution is 2.43. The van der Waals surface area contributed by atoms with Crippen LogP contribution in [-0.2, 0) is 4.57 Å². The van der Waals surface area contributed by atoms with Crippen molar-refractivity contribution in [2.24, 2.45) is 0 Å². The van der Waals surface area contributed by atoms with Crippen LogP contribution < -0.4 is 0 Å². The van der Waals surface area contributed by atoms with Crippen LogP contribution in [0.2, 0.25) is 0 Å². The summed E-state index contributed by atoms with van der Waals surface area (Å²) in [7, 11) is -2.93. The van der Waals surface area contributed by atoms with E-state index in [2.05, 4.69) is 13.8 Å². The van der Waals surface area contributed by atoms with Gasteiger partial charge in [0.15, 0.2) is 0 Å². The fraction of sp³-hybridized carbons (Fsp3) is 0.800. The summed E-state index contributed by atoms with van der Waals surface area (Å²) in [6.45, 7) is 4.15. The fourth-order valence-electron chi connectivity index (χ4n) is 1.07. The van der Waals surface area contributed by atoms with E-state index in [1.807, 2.05) is 6.08 Å². The minimum absolute atomic E-state index is 0.445. The Morgan fingerprint density at radius 2 is 1.92 bits per heavy atom. The maximum atomic E-state index is 11.4. The van der Waals surface area contributed by atoms with Crippen LogP contribution >= 0.6 is 7.37 Å². The second-order valence-corrected chi connectivity index (χ2v) is 5.62. The maximum Gasteiger partial charge on any atom is 0.222 e. The number of hydrogen-bond donors (Lipinski definition) is 1. The molecule has 13 heavy (non-hydrogen) atoms. The zero-order valence-electron chi connectivity index (χ0n) is 8.70. The number of unbranched alkanes of at least 4 members (excludes halogenated alkanes) is 3. The lowest BCUT2D eigenvalue weighted by atomic mass is 10.3. The van der Waals surface area contributed by atoms with Crippen molar-refractivity contribution < 1.29 is 9.46 Å². The third-order valence-corrected chi connectivity index (χ3v) is 3.51. The molecule has 0 aliphatic rings. The van der Waals surface area contributed by atoms with E-state index >= 15 is 0 Å². The molecule has 0 radical (unpaired) electrons. The molecule has 1 atom stereocenters. The van der Waals surface area contributed by atoms with E-state index in [1.54, 1.807) is 0 Å². The molecule has 2 nitrogen and oxygen atoms in total. The second kappa shape index (κ2) is 7.34. The van der Waals surface area contributed by atoms with Gasteiger partial charge in [0.1, 0.15) is 0 Å². The van der Waals surface area contributed by atoms with E-state index < -0.39 is 7.37 Å². The minimum Gasteiger partial charge on any atom is -0.341 e. The van der Waals surface area contributed by atoms with E-state index in [0.717, 1.165) is 32.1 Å². The molecule has 1 unspecified atom stereocenters. The Bertz CT molecular complexity index is 187. The number of allylic oxidation sites excluding steroid dienone is 1. The molecule has 0 spiro atoms. The summed E-state index contributed by atoms with van der Waals surface area (Å²) >= 11 is 0. The zero-order valence-corrected chi connectivity index (χ0v) is 9.59. The van der Waals surface area contributed by atoms with Gasteiger partial charge in [0.05, 0.1) is 0 Å². The first kappa shape index (κ1) is 12.9. The van der Waals surface area contributed by atoms with Crippen LogP contribution in [0.1, 0.15) is 46.0 Å². The van der Waals surface area contributed by atoms with Gasteiger partial charge in [0.2, 0.25) is 7.37 Å². The minimum atomic E-state index is -2.93. The Hall–Kier alpha value is -0.0700. The molecule has 3 heteroatoms. The smallest absolute Gasteiger partial charge is 0.222 e. The third kappa shape index (κ3) is 8.27. The summed E-state index contributed by atoms with van der Waals surface area (Å²) in [6, 6.07) is 0. The quantitative estimate of drug-likeness (QED) is 0.506. The van der Waals surface area contributed by atoms with E-state index in [-0.39, 0.29) is 0 Å². The van der Waals surface area contributed by atoms with Crippen LogP contribution in [0, 0.1) is 0 Å². The molecule has 0 aliphatic heterocycles. The maximum absolute atomic E-state index is 11.4. The Kier molecular flexibility index (Phi) is 7.31. The van der Waals surface area contributed by atoms with Gasteiger partial charge in [-0.1, -0.05) is 39.2 Å². The van der Waals surface area contributed by atoms with Crippen LogP contribution in [0.15, 0.2) is 11.9 Å². The lowest BCUT2D eigenvalue weighted by molar-refractivity contribution is 0.485. The molecular weight excluding hydrogens is 183 g/mol. The first-order valence-electron chi connectivity index (χ1n) is 5.11. The van der Waals surface area contributed by atoms with Crippen LogP contribution in [-0.4, -0.2) is 11.1 Å². The van der Waals surface area contributed by atoms with E-state index in [1.165, 1.54) is 5.82 Å². The topological polar surface area (TPSA) is 37.3 Å². The monoisotopic (exact) mass is 204 g/mol. The summed E-state index contributed by atoms with van der Waals surface area (Å²) in [6.07, 6.45) is 7.21. The summed E-state index contributed by atoms with van der Waals surface area (Å²) in [5.74, 6) is 1.51. The SMILES string of the molecule is CCCC=CP(=O)(O)CCCCC. The Morgan fingerprint density at radius 3 is 2.46 bits per heavy atom. The molecule has 0 fully saturated rings. The van der Waals surface area contributed by atoms with Gasteiger partial charge in [-0.25, -0.2) is 0 Å². The van der Waals surface area contributed by atoms with Crippen molar-refractivity contribution >= 4 is 7.37 Å². The summed E-state index contributed by atoms with van der Waals surface area (Å²) in [4.78, 5) is 9.44. The van der Waals surface area contributed by atoms with Crippen molar-refractivity contribution in [2.45, 2.75) is 46.0 Å². The Labute approximate surface area is 81.5 Å². The van der Waals surface area contributed by atoms with Crippen molar-refractivity contribution in [2.75, 3.05) is 6.16 Å². The van der Waals surface area contributed by atoms with E-state index in [0.29, 0.717) is 6.16 Å². The van der Waals surface area contributed by atoms with Gasteiger partial charge in [-0.3, -0.25) is 4.57 Å². The van der Waals surface area contributed by atoms with Gasteiger partial charge >= 0.3 is 0 Å². The summed E-state index contributed by atoms with van der Waals surface area (Å²) in [5, 5.41) is 0. The predicted molar refractivity (Wildman–Crippen MR) is 58.3 cm³/mol. The van der Waals surface area contributed by atoms with Crippen LogP contribution in [0.5, 0.6) is 0 Å². The Morgan fingerprint density at radius 1 is 1.23 bits per heavy atom. The highest BCUT2D eigenvalue weighted by Gasteiger charge is 2.11. The molecular formula is C10H21O2P. The molecule has 0 rings (SSSR count). The van der Waals surface area contributed by atoms with Crippen LogP contribution in [0.4, 0.5) is 0 Å². The molecule has 78 valence electrons. The van der Waals surface area contributed by atoms with Gasteiger partial charge in [-0.05, 0) is 18.7 Å². The second-order valence-electron chi connectivity index (χ2n) is 3.36. The molecule has 0 aromatic carbocycles. The van der Waals surface area contributed by atoms with E-state index in [4.69, 9.17) is 0 Å². The fourth-order valence-corrected chi connectivity index (χ4v) is 2.37. The molecule has 0 aliphatic carbocycles. The molecule has 0 saturated heterocycles. The molecule has 0 amide bonds. The molecule has 1 N–H and O–H groups in total. The molecule has 0 saturated carbocycles. The Balaban J connectivity index is 3.72. The molecule has 0 bridgehead atoms. The molecule has 0 heterocycles. The van der Waals surface area contributed by atoms with Crippen LogP contribution in [0.25, 0.3) is 0 Å². The zero-order chi connectivity index (χ0) is 10.2. The van der Waals surface area contributed by atoms with Gasteiger partial charge in [-0.2, -0.15) is 0 Å². The van der Waals surface area contributed by atoms with Crippen molar-refractivity contribution in [3.63, 3.8) is 0 Å². The average molecular weight is 204 g/mol. The van der Waals surface area contributed by atoms with Crippen molar-refractivity contribution in [3.8, 4) is 0 Å². The van der Waals surface area contributed by atoms with Gasteiger partial charge in [-0.15, -0.1) is 0 Å². The van der Waals surface area contributed by atoms with Crippen molar-refractivity contribution in [1.82, 2.24) is 0 Å². The highest BCUT2D eigenvalue weighted by atomic mass is 31.2. The van der Waals surface area contributed by atoms with Gasteiger partial charge in [0, 0.05) is 6.16 Å². The number of rotatable bonds is 7. The first-order valence-corrected chi connectivity index (χ1v) is 7.03. The van der Waals surface area contributed by atoms with Crippen molar-refractivity contribution in [1.29, 1.82) is 0 Å². The largest absolute Gasteiger partial charge is 0.341 e. The van der Waals surface area contributed by atoms with Gasteiger partial charge in [0.25, 0.3) is 0 Å². The standard InChI is InChI=1S/C10H21O2P/c1-3-5-7-9-13(11,12)10-8-6-4-2/h7,9H,3-6,8,10H2,1-2H3,(H,11,12). The first-order chi connectivity index (χ1) is 6.12. The summed E-state index contributed by atoms with van der Waals surface area (Å²) < 4.78 is 11.4. The van der Waals surface area contributed by atoms with E-state index in [9.17, 15) is 9.46 Å². The normalized spacial score (nSPS) is 16.2. The van der Waals surface area contributed by atoms with Crippen LogP contribution in [0.3, 0.4) is 0 Å². The average Bonchev–Trinajstić information content (AvgIpc) is 2.05. The lowest BCUT2D eigenvalue weighted by Crippen LogP contribution is -1.85. The number of hydrogen-bond acceptors (Lipinski definition) is 1. The molecule has 0 aromatic heterocycles. The van der Waals surface area contributed by atoms with Gasteiger partial charge < -0.3 is 4.89 Å². The molecule has 0 aromatic rings.